The minimum atomic E-state index is -0.252. The summed E-state index contributed by atoms with van der Waals surface area (Å²) >= 11 is 0. The Morgan fingerprint density at radius 3 is 2.68 bits per heavy atom. The molecule has 19 heavy (non-hydrogen) atoms. The minimum absolute atomic E-state index is 0.244. The molecule has 2 rings (SSSR count). The first kappa shape index (κ1) is 13.5. The molecular formula is C14H19N3O2. The van der Waals surface area contributed by atoms with Crippen LogP contribution < -0.4 is 10.5 Å². The molecule has 1 atom stereocenters. The molecule has 0 bridgehead atoms. The van der Waals surface area contributed by atoms with Gasteiger partial charge in [-0.05, 0) is 30.5 Å². The number of aryl methyl sites for hydroxylation is 1. The van der Waals surface area contributed by atoms with Crippen LogP contribution in [0.3, 0.4) is 0 Å². The predicted octanol–water partition coefficient (Wildman–Crippen LogP) is 2.71. The quantitative estimate of drug-likeness (QED) is 0.915. The van der Waals surface area contributed by atoms with Crippen LogP contribution in [0.5, 0.6) is 5.75 Å². The van der Waals surface area contributed by atoms with Gasteiger partial charge in [-0.3, -0.25) is 0 Å². The summed E-state index contributed by atoms with van der Waals surface area (Å²) in [4.78, 5) is 4.36. The largest absolute Gasteiger partial charge is 0.496 e. The zero-order valence-electron chi connectivity index (χ0n) is 11.7. The lowest BCUT2D eigenvalue weighted by Gasteiger charge is -2.09. The summed E-state index contributed by atoms with van der Waals surface area (Å²) in [5.74, 6) is 1.93. The van der Waals surface area contributed by atoms with E-state index >= 15 is 0 Å². The van der Waals surface area contributed by atoms with Gasteiger partial charge < -0.3 is 15.0 Å². The van der Waals surface area contributed by atoms with Gasteiger partial charge in [0, 0.05) is 0 Å². The molecule has 0 aliphatic carbocycles. The molecule has 0 fully saturated rings. The fourth-order valence-corrected chi connectivity index (χ4v) is 1.75. The summed E-state index contributed by atoms with van der Waals surface area (Å²) in [6.45, 7) is 6.03. The van der Waals surface area contributed by atoms with Crippen molar-refractivity contribution in [2.45, 2.75) is 26.8 Å². The molecule has 0 spiro atoms. The minimum Gasteiger partial charge on any atom is -0.496 e. The molecule has 0 saturated heterocycles. The van der Waals surface area contributed by atoms with Crippen molar-refractivity contribution in [3.05, 3.63) is 29.7 Å². The third-order valence-corrected chi connectivity index (χ3v) is 3.04. The number of hydrogen-bond acceptors (Lipinski definition) is 5. The van der Waals surface area contributed by atoms with E-state index in [0.717, 1.165) is 16.9 Å². The van der Waals surface area contributed by atoms with E-state index in [2.05, 4.69) is 10.1 Å². The zero-order valence-corrected chi connectivity index (χ0v) is 11.7. The Balaban J connectivity index is 2.38. The molecule has 1 aromatic carbocycles. The lowest BCUT2D eigenvalue weighted by Crippen LogP contribution is -2.16. The highest BCUT2D eigenvalue weighted by atomic mass is 16.5. The van der Waals surface area contributed by atoms with Crippen LogP contribution in [0.4, 0.5) is 0 Å². The van der Waals surface area contributed by atoms with Crippen LogP contribution in [-0.2, 0) is 0 Å². The van der Waals surface area contributed by atoms with E-state index in [4.69, 9.17) is 15.0 Å². The van der Waals surface area contributed by atoms with Gasteiger partial charge in [0.2, 0.25) is 11.7 Å². The highest BCUT2D eigenvalue weighted by molar-refractivity contribution is 5.64. The second kappa shape index (κ2) is 5.40. The topological polar surface area (TPSA) is 74.2 Å². The molecule has 0 radical (unpaired) electrons. The van der Waals surface area contributed by atoms with Gasteiger partial charge in [-0.2, -0.15) is 4.98 Å². The van der Waals surface area contributed by atoms with Crippen molar-refractivity contribution >= 4 is 0 Å². The van der Waals surface area contributed by atoms with Crippen molar-refractivity contribution in [3.63, 3.8) is 0 Å². The Morgan fingerprint density at radius 2 is 2.05 bits per heavy atom. The number of hydrogen-bond donors (Lipinski definition) is 1. The Labute approximate surface area is 112 Å². The van der Waals surface area contributed by atoms with E-state index < -0.39 is 0 Å². The molecule has 0 amide bonds. The molecular weight excluding hydrogens is 242 g/mol. The Morgan fingerprint density at radius 1 is 1.32 bits per heavy atom. The van der Waals surface area contributed by atoms with Crippen molar-refractivity contribution in [2.75, 3.05) is 7.11 Å². The first-order chi connectivity index (χ1) is 9.02. The average molecular weight is 261 g/mol. The van der Waals surface area contributed by atoms with Crippen LogP contribution in [-0.4, -0.2) is 17.3 Å². The lowest BCUT2D eigenvalue weighted by molar-refractivity contribution is 0.325. The monoisotopic (exact) mass is 261 g/mol. The van der Waals surface area contributed by atoms with E-state index in [9.17, 15) is 0 Å². The predicted molar refractivity (Wildman–Crippen MR) is 72.8 cm³/mol. The van der Waals surface area contributed by atoms with E-state index in [-0.39, 0.29) is 12.0 Å². The van der Waals surface area contributed by atoms with Crippen molar-refractivity contribution in [1.29, 1.82) is 0 Å². The Hall–Kier alpha value is -1.88. The number of benzene rings is 1. The highest BCUT2D eigenvalue weighted by Gasteiger charge is 2.20. The van der Waals surface area contributed by atoms with Gasteiger partial charge in [0.05, 0.1) is 18.7 Å². The first-order valence-electron chi connectivity index (χ1n) is 6.27. The standard InChI is InChI=1S/C14H19N3O2/c1-8(2)12(15)14-16-13(17-19-14)10-6-5-9(3)7-11(10)18-4/h5-8,12H,15H2,1-4H3/t12-/m1/s1. The van der Waals surface area contributed by atoms with Gasteiger partial charge in [0.25, 0.3) is 0 Å². The van der Waals surface area contributed by atoms with Gasteiger partial charge in [-0.1, -0.05) is 25.1 Å². The smallest absolute Gasteiger partial charge is 0.244 e. The molecule has 5 nitrogen and oxygen atoms in total. The number of nitrogens with zero attached hydrogens (tertiary/aromatic N) is 2. The van der Waals surface area contributed by atoms with E-state index in [1.165, 1.54) is 0 Å². The van der Waals surface area contributed by atoms with Gasteiger partial charge in [-0.25, -0.2) is 0 Å². The van der Waals surface area contributed by atoms with Gasteiger partial charge in [0.15, 0.2) is 0 Å². The number of aromatic nitrogens is 2. The molecule has 1 aromatic heterocycles. The molecule has 1 heterocycles. The van der Waals surface area contributed by atoms with Gasteiger partial charge >= 0.3 is 0 Å². The molecule has 2 N–H and O–H groups in total. The summed E-state index contributed by atoms with van der Waals surface area (Å²) in [5.41, 5.74) is 7.92. The van der Waals surface area contributed by atoms with Crippen molar-refractivity contribution in [3.8, 4) is 17.1 Å². The van der Waals surface area contributed by atoms with Crippen molar-refractivity contribution in [1.82, 2.24) is 10.1 Å². The van der Waals surface area contributed by atoms with Crippen molar-refractivity contribution in [2.24, 2.45) is 11.7 Å². The third kappa shape index (κ3) is 2.76. The van der Waals surface area contributed by atoms with E-state index in [1.54, 1.807) is 7.11 Å². The highest BCUT2D eigenvalue weighted by Crippen LogP contribution is 2.29. The molecule has 0 saturated carbocycles. The molecule has 102 valence electrons. The maximum Gasteiger partial charge on any atom is 0.244 e. The molecule has 0 unspecified atom stereocenters. The third-order valence-electron chi connectivity index (χ3n) is 3.04. The lowest BCUT2D eigenvalue weighted by atomic mass is 10.1. The zero-order chi connectivity index (χ0) is 14.0. The summed E-state index contributed by atoms with van der Waals surface area (Å²) in [6.07, 6.45) is 0. The van der Waals surface area contributed by atoms with Crippen molar-refractivity contribution < 1.29 is 9.26 Å². The first-order valence-corrected chi connectivity index (χ1v) is 6.27. The Bertz CT molecular complexity index is 564. The summed E-state index contributed by atoms with van der Waals surface area (Å²) in [6, 6.07) is 5.59. The molecule has 2 aromatic rings. The SMILES string of the molecule is COc1cc(C)ccc1-c1noc([C@H](N)C(C)C)n1. The number of rotatable bonds is 4. The number of nitrogens with two attached hydrogens (primary N) is 1. The van der Waals surface area contributed by atoms with Gasteiger partial charge in [0.1, 0.15) is 5.75 Å². The van der Waals surface area contributed by atoms with Crippen LogP contribution in [0.2, 0.25) is 0 Å². The number of methoxy groups -OCH3 is 1. The Kier molecular flexibility index (Phi) is 3.85. The fourth-order valence-electron chi connectivity index (χ4n) is 1.75. The van der Waals surface area contributed by atoms with Crippen LogP contribution >= 0.6 is 0 Å². The summed E-state index contributed by atoms with van der Waals surface area (Å²) in [5, 5.41) is 3.98. The summed E-state index contributed by atoms with van der Waals surface area (Å²) < 4.78 is 10.6. The maximum absolute atomic E-state index is 6.00. The van der Waals surface area contributed by atoms with Crippen LogP contribution in [0.1, 0.15) is 31.3 Å². The molecule has 0 aliphatic heterocycles. The maximum atomic E-state index is 6.00. The molecule has 5 heteroatoms. The van der Waals surface area contributed by atoms with Crippen LogP contribution in [0.25, 0.3) is 11.4 Å². The second-order valence-corrected chi connectivity index (χ2v) is 4.93. The summed E-state index contributed by atoms with van der Waals surface area (Å²) in [7, 11) is 1.62. The van der Waals surface area contributed by atoms with Gasteiger partial charge in [-0.15, -0.1) is 0 Å². The normalized spacial score (nSPS) is 12.7. The van der Waals surface area contributed by atoms with Crippen LogP contribution in [0, 0.1) is 12.8 Å². The number of ether oxygens (including phenoxy) is 1. The van der Waals surface area contributed by atoms with E-state index in [1.807, 2.05) is 39.0 Å². The van der Waals surface area contributed by atoms with E-state index in [0.29, 0.717) is 11.7 Å². The second-order valence-electron chi connectivity index (χ2n) is 4.93. The fraction of sp³-hybridized carbons (Fsp3) is 0.429. The average Bonchev–Trinajstić information content (AvgIpc) is 2.86. The van der Waals surface area contributed by atoms with Crippen LogP contribution in [0.15, 0.2) is 22.7 Å². The molecule has 0 aliphatic rings.